The van der Waals surface area contributed by atoms with Gasteiger partial charge in [0.25, 0.3) is 0 Å². The van der Waals surface area contributed by atoms with Crippen LogP contribution in [-0.2, 0) is 4.79 Å². The summed E-state index contributed by atoms with van der Waals surface area (Å²) < 4.78 is 0. The quantitative estimate of drug-likeness (QED) is 0.546. The van der Waals surface area contributed by atoms with Gasteiger partial charge >= 0.3 is 0 Å². The van der Waals surface area contributed by atoms with Crippen LogP contribution in [0.15, 0.2) is 30.3 Å². The smallest absolute Gasteiger partial charge is 0.231 e. The van der Waals surface area contributed by atoms with Gasteiger partial charge in [0, 0.05) is 6.04 Å². The van der Waals surface area contributed by atoms with Crippen molar-refractivity contribution in [3.63, 3.8) is 0 Å². The second kappa shape index (κ2) is 10.7. The van der Waals surface area contributed by atoms with Gasteiger partial charge in [-0.3, -0.25) is 4.79 Å². The zero-order valence-electron chi connectivity index (χ0n) is 10.8. The van der Waals surface area contributed by atoms with E-state index in [0.717, 1.165) is 5.56 Å². The maximum absolute atomic E-state index is 9.73. The Morgan fingerprint density at radius 3 is 2.17 bits per heavy atom. The average Bonchev–Trinajstić information content (AvgIpc) is 2.38. The van der Waals surface area contributed by atoms with Gasteiger partial charge in [-0.1, -0.05) is 30.3 Å². The molecule has 0 bridgehead atoms. The molecule has 0 aliphatic rings. The van der Waals surface area contributed by atoms with Crippen molar-refractivity contribution in [2.75, 3.05) is 13.6 Å². The molecular formula is C12H23N3O3. The molecule has 0 saturated heterocycles. The SMILES string of the molecule is CN[C@H](C)[C@H](O)c1ccccc1.NCC(N)=O.O. The normalized spacial score (nSPS) is 12.4. The predicted octanol–water partition coefficient (Wildman–Crippen LogP) is -1.07. The lowest BCUT2D eigenvalue weighted by atomic mass is 10.0. The minimum absolute atomic E-state index is 0. The molecule has 0 heterocycles. The Bertz CT molecular complexity index is 320. The molecule has 1 rings (SSSR count). The Labute approximate surface area is 107 Å². The van der Waals surface area contributed by atoms with E-state index >= 15 is 0 Å². The highest BCUT2D eigenvalue weighted by molar-refractivity contribution is 5.75. The number of amides is 1. The zero-order chi connectivity index (χ0) is 13.3. The lowest BCUT2D eigenvalue weighted by molar-refractivity contribution is -0.116. The van der Waals surface area contributed by atoms with Crippen molar-refractivity contribution in [3.8, 4) is 0 Å². The lowest BCUT2D eigenvalue weighted by Crippen LogP contribution is -2.28. The molecule has 1 aromatic carbocycles. The van der Waals surface area contributed by atoms with E-state index in [2.05, 4.69) is 11.1 Å². The number of rotatable bonds is 4. The molecule has 18 heavy (non-hydrogen) atoms. The van der Waals surface area contributed by atoms with Crippen LogP contribution in [0, 0.1) is 0 Å². The largest absolute Gasteiger partial charge is 0.412 e. The summed E-state index contributed by atoms with van der Waals surface area (Å²) in [6, 6.07) is 9.76. The third kappa shape index (κ3) is 7.75. The molecule has 2 atom stereocenters. The number of carbonyl (C=O) groups excluding carboxylic acids is 1. The van der Waals surface area contributed by atoms with Gasteiger partial charge in [0.1, 0.15) is 0 Å². The first-order chi connectivity index (χ1) is 8.02. The number of benzene rings is 1. The average molecular weight is 257 g/mol. The summed E-state index contributed by atoms with van der Waals surface area (Å²) in [4.78, 5) is 9.47. The molecule has 0 radical (unpaired) electrons. The molecule has 0 aliphatic heterocycles. The van der Waals surface area contributed by atoms with Crippen molar-refractivity contribution < 1.29 is 15.4 Å². The van der Waals surface area contributed by atoms with E-state index in [0.29, 0.717) is 0 Å². The van der Waals surface area contributed by atoms with Gasteiger partial charge in [0.2, 0.25) is 5.91 Å². The summed E-state index contributed by atoms with van der Waals surface area (Å²) in [5.74, 6) is -0.468. The van der Waals surface area contributed by atoms with Crippen LogP contribution in [0.1, 0.15) is 18.6 Å². The number of nitrogens with two attached hydrogens (primary N) is 2. The number of primary amides is 1. The van der Waals surface area contributed by atoms with Gasteiger partial charge in [0.15, 0.2) is 0 Å². The molecule has 6 nitrogen and oxygen atoms in total. The Balaban J connectivity index is 0. The molecule has 0 unspecified atom stereocenters. The summed E-state index contributed by atoms with van der Waals surface area (Å²) in [6.45, 7) is 1.90. The van der Waals surface area contributed by atoms with Crippen molar-refractivity contribution in [2.45, 2.75) is 19.1 Å². The van der Waals surface area contributed by atoms with Gasteiger partial charge in [-0.15, -0.1) is 0 Å². The Morgan fingerprint density at radius 1 is 1.39 bits per heavy atom. The van der Waals surface area contributed by atoms with E-state index in [1.165, 1.54) is 0 Å². The Hall–Kier alpha value is -1.47. The van der Waals surface area contributed by atoms with Crippen LogP contribution in [-0.4, -0.2) is 36.1 Å². The Morgan fingerprint density at radius 2 is 1.83 bits per heavy atom. The molecule has 1 aromatic rings. The number of nitrogens with one attached hydrogen (secondary N) is 1. The van der Waals surface area contributed by atoms with Crippen molar-refractivity contribution in [1.82, 2.24) is 5.32 Å². The van der Waals surface area contributed by atoms with E-state index < -0.39 is 12.0 Å². The van der Waals surface area contributed by atoms with E-state index in [4.69, 9.17) is 5.73 Å². The van der Waals surface area contributed by atoms with Crippen LogP contribution in [0.2, 0.25) is 0 Å². The summed E-state index contributed by atoms with van der Waals surface area (Å²) in [6.07, 6.45) is -0.420. The van der Waals surface area contributed by atoms with Crippen molar-refractivity contribution >= 4 is 5.91 Å². The topological polar surface area (TPSA) is 133 Å². The first kappa shape index (κ1) is 18.9. The standard InChI is InChI=1S/C10H15NO.C2H6N2O.H2O/c1-8(11-2)10(12)9-6-4-3-5-7-9;3-1-2(4)5;/h3-8,10-12H,1-2H3;1,3H2,(H2,4,5);1H2/t8-,10+;;/m1../s1. The minimum atomic E-state index is -0.468. The van der Waals surface area contributed by atoms with Gasteiger partial charge in [-0.25, -0.2) is 0 Å². The van der Waals surface area contributed by atoms with Gasteiger partial charge in [-0.2, -0.15) is 0 Å². The van der Waals surface area contributed by atoms with Gasteiger partial charge in [-0.05, 0) is 19.5 Å². The number of aliphatic hydroxyl groups excluding tert-OH is 1. The molecule has 8 N–H and O–H groups in total. The van der Waals surface area contributed by atoms with Gasteiger partial charge in [0.05, 0.1) is 12.6 Å². The molecule has 0 saturated carbocycles. The van der Waals surface area contributed by atoms with E-state index in [1.54, 1.807) is 0 Å². The molecule has 104 valence electrons. The third-order valence-corrected chi connectivity index (χ3v) is 2.27. The van der Waals surface area contributed by atoms with Crippen LogP contribution >= 0.6 is 0 Å². The molecule has 0 fully saturated rings. The van der Waals surface area contributed by atoms with Crippen LogP contribution < -0.4 is 16.8 Å². The van der Waals surface area contributed by atoms with Crippen molar-refractivity contribution in [1.29, 1.82) is 0 Å². The second-order valence-electron chi connectivity index (χ2n) is 3.60. The van der Waals surface area contributed by atoms with E-state index in [-0.39, 0.29) is 18.1 Å². The fourth-order valence-corrected chi connectivity index (χ4v) is 1.10. The maximum Gasteiger partial charge on any atom is 0.231 e. The summed E-state index contributed by atoms with van der Waals surface area (Å²) >= 11 is 0. The van der Waals surface area contributed by atoms with Gasteiger partial charge < -0.3 is 27.4 Å². The Kier molecular flexibility index (Phi) is 11.2. The highest BCUT2D eigenvalue weighted by Gasteiger charge is 2.12. The van der Waals surface area contributed by atoms with Crippen molar-refractivity contribution in [3.05, 3.63) is 35.9 Å². The van der Waals surface area contributed by atoms with Crippen LogP contribution in [0.4, 0.5) is 0 Å². The van der Waals surface area contributed by atoms with E-state index in [1.807, 2.05) is 44.3 Å². The molecule has 6 heteroatoms. The second-order valence-corrected chi connectivity index (χ2v) is 3.60. The molecule has 0 aromatic heterocycles. The van der Waals surface area contributed by atoms with Crippen LogP contribution in [0.25, 0.3) is 0 Å². The van der Waals surface area contributed by atoms with Crippen molar-refractivity contribution in [2.24, 2.45) is 11.5 Å². The number of hydrogen-bond donors (Lipinski definition) is 4. The number of likely N-dealkylation sites (N-methyl/N-ethyl adjacent to an activating group) is 1. The lowest BCUT2D eigenvalue weighted by Gasteiger charge is -2.17. The van der Waals surface area contributed by atoms with E-state index in [9.17, 15) is 9.90 Å². The molecular weight excluding hydrogens is 234 g/mol. The molecule has 1 amide bonds. The fraction of sp³-hybridized carbons (Fsp3) is 0.417. The third-order valence-electron chi connectivity index (χ3n) is 2.27. The summed E-state index contributed by atoms with van der Waals surface area (Å²) in [5.41, 5.74) is 10.2. The number of hydrogen-bond acceptors (Lipinski definition) is 4. The minimum Gasteiger partial charge on any atom is -0.412 e. The summed E-state index contributed by atoms with van der Waals surface area (Å²) in [5, 5.41) is 12.7. The predicted molar refractivity (Wildman–Crippen MR) is 71.8 cm³/mol. The summed E-state index contributed by atoms with van der Waals surface area (Å²) in [7, 11) is 1.84. The van der Waals surface area contributed by atoms with Crippen LogP contribution in [0.3, 0.4) is 0 Å². The molecule has 0 spiro atoms. The first-order valence-corrected chi connectivity index (χ1v) is 5.41. The van der Waals surface area contributed by atoms with Crippen LogP contribution in [0.5, 0.6) is 0 Å². The first-order valence-electron chi connectivity index (χ1n) is 5.41. The number of carbonyl (C=O) groups is 1. The zero-order valence-corrected chi connectivity index (χ0v) is 10.8. The fourth-order valence-electron chi connectivity index (χ4n) is 1.10. The molecule has 0 aliphatic carbocycles. The highest BCUT2D eigenvalue weighted by Crippen LogP contribution is 2.15. The monoisotopic (exact) mass is 257 g/mol. The highest BCUT2D eigenvalue weighted by atomic mass is 16.3. The maximum atomic E-state index is 9.73. The number of aliphatic hydroxyl groups is 1.